The molecule has 0 bridgehead atoms. The van der Waals surface area contributed by atoms with Crippen LogP contribution in [0, 0.1) is 0 Å². The average molecular weight is 512 g/mol. The zero-order chi connectivity index (χ0) is 20.2. The van der Waals surface area contributed by atoms with Gasteiger partial charge in [-0.3, -0.25) is 9.67 Å². The summed E-state index contributed by atoms with van der Waals surface area (Å²) in [6.45, 7) is 9.32. The number of hydrogen-bond acceptors (Lipinski definition) is 3. The summed E-state index contributed by atoms with van der Waals surface area (Å²) in [5, 5.41) is 15.0. The third-order valence-corrected chi connectivity index (χ3v) is 5.41. The summed E-state index contributed by atoms with van der Waals surface area (Å²) in [5.74, 6) is 0.848. The second-order valence-electron chi connectivity index (χ2n) is 7.24. The van der Waals surface area contributed by atoms with E-state index in [0.717, 1.165) is 44.9 Å². The zero-order valence-corrected chi connectivity index (χ0v) is 20.5. The summed E-state index contributed by atoms with van der Waals surface area (Å²) < 4.78 is 1.95. The summed E-state index contributed by atoms with van der Waals surface area (Å²) in [5.41, 5.74) is 1.33. The lowest BCUT2D eigenvalue weighted by Crippen LogP contribution is -2.55. The molecular weight excluding hydrogens is 475 g/mol. The van der Waals surface area contributed by atoms with Crippen molar-refractivity contribution in [2.45, 2.75) is 58.2 Å². The van der Waals surface area contributed by atoms with E-state index in [2.05, 4.69) is 77.1 Å². The highest BCUT2D eigenvalue weighted by atomic mass is 127. The Morgan fingerprint density at radius 3 is 2.45 bits per heavy atom. The van der Waals surface area contributed by atoms with Crippen molar-refractivity contribution in [1.29, 1.82) is 0 Å². The maximum absolute atomic E-state index is 4.38. The van der Waals surface area contributed by atoms with Crippen molar-refractivity contribution in [3.63, 3.8) is 0 Å². The summed E-state index contributed by atoms with van der Waals surface area (Å²) in [4.78, 5) is 4.38. The van der Waals surface area contributed by atoms with Crippen LogP contribution in [-0.2, 0) is 6.54 Å². The fraction of sp³-hybridized carbons (Fsp3) is 0.545. The van der Waals surface area contributed by atoms with Gasteiger partial charge in [0.15, 0.2) is 5.96 Å². The first-order chi connectivity index (χ1) is 13.6. The van der Waals surface area contributed by atoms with Gasteiger partial charge in [0.1, 0.15) is 0 Å². The Labute approximate surface area is 193 Å². The van der Waals surface area contributed by atoms with Crippen LogP contribution in [0.5, 0.6) is 0 Å². The maximum Gasteiger partial charge on any atom is 0.191 e. The van der Waals surface area contributed by atoms with Gasteiger partial charge in [0.2, 0.25) is 0 Å². The molecule has 1 unspecified atom stereocenters. The lowest BCUT2D eigenvalue weighted by atomic mass is 9.90. The molecule has 1 heterocycles. The van der Waals surface area contributed by atoms with Crippen LogP contribution in [0.25, 0.3) is 0 Å². The normalized spacial score (nSPS) is 12.9. The SMILES string of the molecule is CCC(CC)(CNC(=NC)NCCCn1cccn1)NC(C)c1ccccc1.I. The maximum atomic E-state index is 4.38. The molecule has 0 spiro atoms. The van der Waals surface area contributed by atoms with Crippen LogP contribution in [0.1, 0.15) is 51.6 Å². The van der Waals surface area contributed by atoms with Gasteiger partial charge in [-0.1, -0.05) is 44.2 Å². The Bertz CT molecular complexity index is 683. The smallest absolute Gasteiger partial charge is 0.191 e. The Morgan fingerprint density at radius 1 is 1.14 bits per heavy atom. The largest absolute Gasteiger partial charge is 0.356 e. The Kier molecular flexibility index (Phi) is 11.9. The number of aryl methyl sites for hydroxylation is 1. The molecule has 7 heteroatoms. The van der Waals surface area contributed by atoms with E-state index < -0.39 is 0 Å². The lowest BCUT2D eigenvalue weighted by molar-refractivity contribution is 0.271. The first-order valence-corrected chi connectivity index (χ1v) is 10.4. The standard InChI is InChI=1S/C22H36N6.HI/c1-5-22(6-2,27-19(3)20-12-8-7-9-13-20)18-25-21(23-4)24-14-10-16-28-17-11-15-26-28;/h7-9,11-13,15,17,19,27H,5-6,10,14,16,18H2,1-4H3,(H2,23,24,25);1H. The van der Waals surface area contributed by atoms with Crippen LogP contribution in [0.3, 0.4) is 0 Å². The van der Waals surface area contributed by atoms with E-state index in [1.807, 2.05) is 30.2 Å². The number of aromatic nitrogens is 2. The lowest BCUT2D eigenvalue weighted by Gasteiger charge is -2.37. The van der Waals surface area contributed by atoms with Crippen molar-refractivity contribution in [2.24, 2.45) is 4.99 Å². The van der Waals surface area contributed by atoms with E-state index in [1.54, 1.807) is 0 Å². The highest BCUT2D eigenvalue weighted by molar-refractivity contribution is 14.0. The minimum Gasteiger partial charge on any atom is -0.356 e. The van der Waals surface area contributed by atoms with Gasteiger partial charge in [0.25, 0.3) is 0 Å². The first kappa shape index (κ1) is 25.4. The molecule has 0 amide bonds. The molecule has 0 saturated carbocycles. The second-order valence-corrected chi connectivity index (χ2v) is 7.24. The number of hydrogen-bond donors (Lipinski definition) is 3. The monoisotopic (exact) mass is 512 g/mol. The van der Waals surface area contributed by atoms with Gasteiger partial charge in [-0.15, -0.1) is 24.0 Å². The van der Waals surface area contributed by atoms with Crippen LogP contribution in [-0.4, -0.2) is 41.4 Å². The Morgan fingerprint density at radius 2 is 1.86 bits per heavy atom. The fourth-order valence-electron chi connectivity index (χ4n) is 3.39. The van der Waals surface area contributed by atoms with Crippen molar-refractivity contribution < 1.29 is 0 Å². The summed E-state index contributed by atoms with van der Waals surface area (Å²) in [6.07, 6.45) is 6.89. The van der Waals surface area contributed by atoms with Crippen LogP contribution in [0.15, 0.2) is 53.8 Å². The van der Waals surface area contributed by atoms with Crippen LogP contribution >= 0.6 is 24.0 Å². The number of aliphatic imine (C=N–C) groups is 1. The van der Waals surface area contributed by atoms with Gasteiger partial charge in [0.05, 0.1) is 0 Å². The zero-order valence-electron chi connectivity index (χ0n) is 18.2. The van der Waals surface area contributed by atoms with Crippen LogP contribution in [0.2, 0.25) is 0 Å². The van der Waals surface area contributed by atoms with Gasteiger partial charge in [-0.25, -0.2) is 0 Å². The number of benzene rings is 1. The fourth-order valence-corrected chi connectivity index (χ4v) is 3.39. The van der Waals surface area contributed by atoms with E-state index in [-0.39, 0.29) is 29.5 Å². The molecule has 0 saturated heterocycles. The third-order valence-electron chi connectivity index (χ3n) is 5.41. The Balaban J connectivity index is 0.00000420. The van der Waals surface area contributed by atoms with E-state index in [4.69, 9.17) is 0 Å². The quantitative estimate of drug-likeness (QED) is 0.185. The molecule has 0 fully saturated rings. The van der Waals surface area contributed by atoms with Crippen molar-refractivity contribution in [1.82, 2.24) is 25.7 Å². The second kappa shape index (κ2) is 13.6. The summed E-state index contributed by atoms with van der Waals surface area (Å²) >= 11 is 0. The molecule has 0 radical (unpaired) electrons. The van der Waals surface area contributed by atoms with Crippen molar-refractivity contribution in [2.75, 3.05) is 20.1 Å². The molecule has 0 aliphatic rings. The molecule has 0 aliphatic carbocycles. The number of halogens is 1. The molecule has 3 N–H and O–H groups in total. The van der Waals surface area contributed by atoms with Crippen LogP contribution in [0.4, 0.5) is 0 Å². The van der Waals surface area contributed by atoms with Gasteiger partial charge in [-0.05, 0) is 37.8 Å². The van der Waals surface area contributed by atoms with Crippen LogP contribution < -0.4 is 16.0 Å². The van der Waals surface area contributed by atoms with E-state index in [9.17, 15) is 0 Å². The van der Waals surface area contributed by atoms with Gasteiger partial charge >= 0.3 is 0 Å². The number of nitrogens with one attached hydrogen (secondary N) is 3. The van der Waals surface area contributed by atoms with Gasteiger partial charge in [-0.2, -0.15) is 5.10 Å². The molecule has 0 aliphatic heterocycles. The highest BCUT2D eigenvalue weighted by Gasteiger charge is 2.28. The summed E-state index contributed by atoms with van der Waals surface area (Å²) in [6, 6.07) is 12.9. The van der Waals surface area contributed by atoms with Crippen molar-refractivity contribution >= 4 is 29.9 Å². The molecule has 1 aromatic carbocycles. The van der Waals surface area contributed by atoms with Gasteiger partial charge < -0.3 is 16.0 Å². The predicted molar refractivity (Wildman–Crippen MR) is 133 cm³/mol. The molecule has 6 nitrogen and oxygen atoms in total. The number of nitrogens with zero attached hydrogens (tertiary/aromatic N) is 3. The van der Waals surface area contributed by atoms with E-state index in [1.165, 1.54) is 5.56 Å². The average Bonchev–Trinajstić information content (AvgIpc) is 3.26. The minimum atomic E-state index is 0. The predicted octanol–water partition coefficient (Wildman–Crippen LogP) is 3.97. The van der Waals surface area contributed by atoms with Crippen molar-refractivity contribution in [3.05, 3.63) is 54.4 Å². The number of guanidine groups is 1. The minimum absolute atomic E-state index is 0. The molecule has 1 atom stereocenters. The van der Waals surface area contributed by atoms with Crippen molar-refractivity contribution in [3.8, 4) is 0 Å². The van der Waals surface area contributed by atoms with E-state index in [0.29, 0.717) is 6.04 Å². The number of rotatable bonds is 11. The third kappa shape index (κ3) is 8.34. The van der Waals surface area contributed by atoms with E-state index >= 15 is 0 Å². The highest BCUT2D eigenvalue weighted by Crippen LogP contribution is 2.21. The molecule has 2 aromatic rings. The first-order valence-electron chi connectivity index (χ1n) is 10.4. The topological polar surface area (TPSA) is 66.3 Å². The molecule has 162 valence electrons. The molecule has 1 aromatic heterocycles. The molecule has 2 rings (SSSR count). The molecule has 29 heavy (non-hydrogen) atoms. The molecular formula is C22H37IN6. The summed E-state index contributed by atoms with van der Waals surface area (Å²) in [7, 11) is 1.82. The Hall–Kier alpha value is -1.61. The van der Waals surface area contributed by atoms with Gasteiger partial charge in [0, 0.05) is 50.7 Å².